The standard InChI is InChI=1S/C14H13Cl2N/c1-9-3-4-10(2)14(7-9)17-11-5-6-12(15)13(16)8-11/h3-8,17H,1-2H3. The second kappa shape index (κ2) is 4.99. The van der Waals surface area contributed by atoms with E-state index in [2.05, 4.69) is 37.4 Å². The first-order chi connectivity index (χ1) is 8.06. The zero-order chi connectivity index (χ0) is 12.4. The molecule has 0 amide bonds. The highest BCUT2D eigenvalue weighted by Crippen LogP contribution is 2.28. The first kappa shape index (κ1) is 12.3. The third-order valence-corrected chi connectivity index (χ3v) is 3.33. The molecule has 0 saturated heterocycles. The van der Waals surface area contributed by atoms with Crippen molar-refractivity contribution in [1.82, 2.24) is 0 Å². The highest BCUT2D eigenvalue weighted by molar-refractivity contribution is 6.42. The second-order valence-corrected chi connectivity index (χ2v) is 4.89. The number of rotatable bonds is 2. The summed E-state index contributed by atoms with van der Waals surface area (Å²) in [5.74, 6) is 0. The van der Waals surface area contributed by atoms with Crippen molar-refractivity contribution in [2.24, 2.45) is 0 Å². The summed E-state index contributed by atoms with van der Waals surface area (Å²) in [6.07, 6.45) is 0. The van der Waals surface area contributed by atoms with Crippen molar-refractivity contribution in [2.45, 2.75) is 13.8 Å². The van der Waals surface area contributed by atoms with Gasteiger partial charge in [0.05, 0.1) is 10.0 Å². The summed E-state index contributed by atoms with van der Waals surface area (Å²) in [6.45, 7) is 4.14. The number of nitrogens with one attached hydrogen (secondary N) is 1. The van der Waals surface area contributed by atoms with Gasteiger partial charge < -0.3 is 5.32 Å². The van der Waals surface area contributed by atoms with Crippen molar-refractivity contribution >= 4 is 34.6 Å². The normalized spacial score (nSPS) is 10.4. The Kier molecular flexibility index (Phi) is 3.60. The molecule has 0 aromatic heterocycles. The molecule has 0 aliphatic heterocycles. The van der Waals surface area contributed by atoms with E-state index in [-0.39, 0.29) is 0 Å². The molecule has 2 aromatic rings. The minimum absolute atomic E-state index is 0.557. The molecule has 3 heteroatoms. The van der Waals surface area contributed by atoms with Gasteiger partial charge in [0.25, 0.3) is 0 Å². The molecule has 0 spiro atoms. The van der Waals surface area contributed by atoms with Gasteiger partial charge in [0, 0.05) is 11.4 Å². The lowest BCUT2D eigenvalue weighted by molar-refractivity contribution is 1.38. The highest BCUT2D eigenvalue weighted by atomic mass is 35.5. The van der Waals surface area contributed by atoms with Gasteiger partial charge in [0.1, 0.15) is 0 Å². The highest BCUT2D eigenvalue weighted by Gasteiger charge is 2.02. The SMILES string of the molecule is Cc1ccc(C)c(Nc2ccc(Cl)c(Cl)c2)c1. The molecule has 0 heterocycles. The van der Waals surface area contributed by atoms with Crippen LogP contribution < -0.4 is 5.32 Å². The minimum atomic E-state index is 0.557. The van der Waals surface area contributed by atoms with Crippen molar-refractivity contribution in [1.29, 1.82) is 0 Å². The summed E-state index contributed by atoms with van der Waals surface area (Å²) >= 11 is 11.9. The second-order valence-electron chi connectivity index (χ2n) is 4.07. The first-order valence-electron chi connectivity index (χ1n) is 5.35. The zero-order valence-electron chi connectivity index (χ0n) is 9.72. The fraction of sp³-hybridized carbons (Fsp3) is 0.143. The van der Waals surface area contributed by atoms with E-state index in [4.69, 9.17) is 23.2 Å². The van der Waals surface area contributed by atoms with Crippen LogP contribution in [0.15, 0.2) is 36.4 Å². The Morgan fingerprint density at radius 1 is 0.882 bits per heavy atom. The molecule has 0 fully saturated rings. The van der Waals surface area contributed by atoms with Crippen molar-refractivity contribution in [3.63, 3.8) is 0 Å². The van der Waals surface area contributed by atoms with E-state index in [1.807, 2.05) is 12.1 Å². The summed E-state index contributed by atoms with van der Waals surface area (Å²) in [7, 11) is 0. The quantitative estimate of drug-likeness (QED) is 0.772. The lowest BCUT2D eigenvalue weighted by atomic mass is 10.1. The molecule has 0 aliphatic rings. The molecule has 0 atom stereocenters. The topological polar surface area (TPSA) is 12.0 Å². The van der Waals surface area contributed by atoms with E-state index >= 15 is 0 Å². The van der Waals surface area contributed by atoms with E-state index in [1.165, 1.54) is 11.1 Å². The lowest BCUT2D eigenvalue weighted by Gasteiger charge is -2.11. The number of hydrogen-bond acceptors (Lipinski definition) is 1. The number of anilines is 2. The van der Waals surface area contributed by atoms with Crippen LogP contribution in [0.25, 0.3) is 0 Å². The number of aryl methyl sites for hydroxylation is 2. The predicted molar refractivity (Wildman–Crippen MR) is 75.7 cm³/mol. The van der Waals surface area contributed by atoms with E-state index in [0.717, 1.165) is 11.4 Å². The molecule has 1 nitrogen and oxygen atoms in total. The summed E-state index contributed by atoms with van der Waals surface area (Å²) in [6, 6.07) is 11.8. The van der Waals surface area contributed by atoms with Crippen LogP contribution >= 0.6 is 23.2 Å². The Bertz CT molecular complexity index is 550. The van der Waals surface area contributed by atoms with Gasteiger partial charge in [0.2, 0.25) is 0 Å². The molecule has 17 heavy (non-hydrogen) atoms. The third-order valence-electron chi connectivity index (χ3n) is 2.59. The van der Waals surface area contributed by atoms with Crippen LogP contribution in [0.4, 0.5) is 11.4 Å². The predicted octanol–water partition coefficient (Wildman–Crippen LogP) is 5.35. The van der Waals surface area contributed by atoms with Gasteiger partial charge in [-0.1, -0.05) is 35.3 Å². The molecular weight excluding hydrogens is 253 g/mol. The van der Waals surface area contributed by atoms with Crippen LogP contribution in [0.1, 0.15) is 11.1 Å². The third kappa shape index (κ3) is 2.93. The fourth-order valence-corrected chi connectivity index (χ4v) is 1.90. The maximum atomic E-state index is 5.98. The molecule has 0 aliphatic carbocycles. The number of benzene rings is 2. The Morgan fingerprint density at radius 2 is 1.65 bits per heavy atom. The Hall–Kier alpha value is -1.18. The summed E-state index contributed by atoms with van der Waals surface area (Å²) in [5, 5.41) is 4.46. The monoisotopic (exact) mass is 265 g/mol. The van der Waals surface area contributed by atoms with Crippen molar-refractivity contribution < 1.29 is 0 Å². The molecule has 0 bridgehead atoms. The van der Waals surface area contributed by atoms with Crippen molar-refractivity contribution in [2.75, 3.05) is 5.32 Å². The van der Waals surface area contributed by atoms with E-state index in [9.17, 15) is 0 Å². The maximum Gasteiger partial charge on any atom is 0.0612 e. The number of hydrogen-bond donors (Lipinski definition) is 1. The van der Waals surface area contributed by atoms with Gasteiger partial charge in [0.15, 0.2) is 0 Å². The Balaban J connectivity index is 2.31. The van der Waals surface area contributed by atoms with E-state index < -0.39 is 0 Å². The average molecular weight is 266 g/mol. The van der Waals surface area contributed by atoms with Crippen LogP contribution in [0, 0.1) is 13.8 Å². The zero-order valence-corrected chi connectivity index (χ0v) is 11.2. The Morgan fingerprint density at radius 3 is 2.35 bits per heavy atom. The summed E-state index contributed by atoms with van der Waals surface area (Å²) < 4.78 is 0. The molecule has 0 unspecified atom stereocenters. The fourth-order valence-electron chi connectivity index (χ4n) is 1.60. The van der Waals surface area contributed by atoms with Gasteiger partial charge in [-0.2, -0.15) is 0 Å². The largest absolute Gasteiger partial charge is 0.355 e. The molecule has 88 valence electrons. The molecule has 0 saturated carbocycles. The van der Waals surface area contributed by atoms with Crippen LogP contribution in [-0.4, -0.2) is 0 Å². The number of halogens is 2. The maximum absolute atomic E-state index is 5.98. The average Bonchev–Trinajstić information content (AvgIpc) is 2.29. The first-order valence-corrected chi connectivity index (χ1v) is 6.11. The van der Waals surface area contributed by atoms with Crippen LogP contribution in [0.3, 0.4) is 0 Å². The van der Waals surface area contributed by atoms with Crippen molar-refractivity contribution in [3.8, 4) is 0 Å². The van der Waals surface area contributed by atoms with Crippen molar-refractivity contribution in [3.05, 3.63) is 57.6 Å². The van der Waals surface area contributed by atoms with E-state index in [1.54, 1.807) is 6.07 Å². The van der Waals surface area contributed by atoms with Crippen LogP contribution in [0.2, 0.25) is 10.0 Å². The van der Waals surface area contributed by atoms with Gasteiger partial charge in [-0.25, -0.2) is 0 Å². The van der Waals surface area contributed by atoms with Gasteiger partial charge in [-0.05, 0) is 49.2 Å². The minimum Gasteiger partial charge on any atom is -0.355 e. The molecule has 0 radical (unpaired) electrons. The van der Waals surface area contributed by atoms with Crippen LogP contribution in [-0.2, 0) is 0 Å². The van der Waals surface area contributed by atoms with E-state index in [0.29, 0.717) is 10.0 Å². The Labute approximate surface area is 111 Å². The van der Waals surface area contributed by atoms with Gasteiger partial charge in [-0.3, -0.25) is 0 Å². The summed E-state index contributed by atoms with van der Waals surface area (Å²) in [5.41, 5.74) is 4.44. The summed E-state index contributed by atoms with van der Waals surface area (Å²) in [4.78, 5) is 0. The molecule has 1 N–H and O–H groups in total. The molecule has 2 aromatic carbocycles. The van der Waals surface area contributed by atoms with Gasteiger partial charge in [-0.15, -0.1) is 0 Å². The molecule has 2 rings (SSSR count). The molecular formula is C14H13Cl2N. The van der Waals surface area contributed by atoms with Gasteiger partial charge >= 0.3 is 0 Å². The lowest BCUT2D eigenvalue weighted by Crippen LogP contribution is -1.93. The smallest absolute Gasteiger partial charge is 0.0612 e. The van der Waals surface area contributed by atoms with Crippen LogP contribution in [0.5, 0.6) is 0 Å².